The van der Waals surface area contributed by atoms with Crippen LogP contribution in [0.2, 0.25) is 0 Å². The number of H-pyrrole nitrogens is 1. The number of halogens is 2. The van der Waals surface area contributed by atoms with Crippen molar-refractivity contribution in [2.45, 2.75) is 0 Å². The lowest BCUT2D eigenvalue weighted by Gasteiger charge is -1.99. The molecule has 1 heterocycles. The fourth-order valence-corrected chi connectivity index (χ4v) is 2.36. The van der Waals surface area contributed by atoms with E-state index in [2.05, 4.69) is 46.8 Å². The molecule has 4 nitrogen and oxygen atoms in total. The lowest BCUT2D eigenvalue weighted by atomic mass is 10.1. The van der Waals surface area contributed by atoms with E-state index in [0.717, 1.165) is 10.0 Å². The lowest BCUT2D eigenvalue weighted by Crippen LogP contribution is -2.02. The first-order valence-corrected chi connectivity index (χ1v) is 6.30. The monoisotopic (exact) mass is 358 g/mol. The van der Waals surface area contributed by atoms with Gasteiger partial charge in [-0.15, -0.1) is 0 Å². The van der Waals surface area contributed by atoms with Crippen molar-refractivity contribution < 1.29 is 9.53 Å². The van der Waals surface area contributed by atoms with Crippen LogP contribution in [0.1, 0.15) is 10.5 Å². The van der Waals surface area contributed by atoms with Gasteiger partial charge in [-0.3, -0.25) is 5.10 Å². The van der Waals surface area contributed by atoms with Gasteiger partial charge in [-0.05, 0) is 28.1 Å². The van der Waals surface area contributed by atoms with E-state index in [1.807, 2.05) is 24.3 Å². The largest absolute Gasteiger partial charge is 0.464 e. The molecule has 0 radical (unpaired) electrons. The van der Waals surface area contributed by atoms with Crippen LogP contribution in [0.4, 0.5) is 0 Å². The summed E-state index contributed by atoms with van der Waals surface area (Å²) in [6.45, 7) is 0. The van der Waals surface area contributed by atoms with E-state index < -0.39 is 5.97 Å². The zero-order valence-electron chi connectivity index (χ0n) is 8.83. The normalized spacial score (nSPS) is 10.3. The number of carbonyl (C=O) groups excluding carboxylic acids is 1. The molecule has 0 bridgehead atoms. The van der Waals surface area contributed by atoms with E-state index in [1.165, 1.54) is 7.11 Å². The van der Waals surface area contributed by atoms with Crippen LogP contribution in [0.5, 0.6) is 0 Å². The number of hydrogen-bond acceptors (Lipinski definition) is 3. The molecule has 0 spiro atoms. The minimum Gasteiger partial charge on any atom is -0.464 e. The van der Waals surface area contributed by atoms with Crippen LogP contribution >= 0.6 is 31.9 Å². The fourth-order valence-electron chi connectivity index (χ4n) is 1.39. The van der Waals surface area contributed by atoms with E-state index in [-0.39, 0.29) is 0 Å². The third-order valence-corrected chi connectivity index (χ3v) is 3.46. The third-order valence-electron chi connectivity index (χ3n) is 2.19. The molecule has 0 unspecified atom stereocenters. The molecule has 0 aliphatic heterocycles. The zero-order chi connectivity index (χ0) is 12.4. The molecule has 2 aromatic rings. The number of nitrogens with zero attached hydrogens (tertiary/aromatic N) is 1. The van der Waals surface area contributed by atoms with Crippen LogP contribution in [0, 0.1) is 0 Å². The number of aromatic nitrogens is 2. The number of nitrogens with one attached hydrogen (secondary N) is 1. The number of hydrogen-bond donors (Lipinski definition) is 1. The van der Waals surface area contributed by atoms with Crippen LogP contribution in [0.3, 0.4) is 0 Å². The summed E-state index contributed by atoms with van der Waals surface area (Å²) in [4.78, 5) is 11.4. The average molecular weight is 360 g/mol. The van der Waals surface area contributed by atoms with Crippen molar-refractivity contribution in [2.75, 3.05) is 7.11 Å². The average Bonchev–Trinajstić information content (AvgIpc) is 2.70. The maximum absolute atomic E-state index is 11.4. The zero-order valence-corrected chi connectivity index (χ0v) is 12.0. The third kappa shape index (κ3) is 2.42. The quantitative estimate of drug-likeness (QED) is 0.836. The van der Waals surface area contributed by atoms with Crippen LogP contribution in [-0.4, -0.2) is 23.3 Å². The number of aromatic amines is 1. The molecule has 0 saturated carbocycles. The molecule has 0 fully saturated rings. The Balaban J connectivity index is 2.48. The van der Waals surface area contributed by atoms with Crippen molar-refractivity contribution in [1.82, 2.24) is 10.2 Å². The first-order valence-electron chi connectivity index (χ1n) is 4.71. The second kappa shape index (κ2) is 5.01. The predicted molar refractivity (Wildman–Crippen MR) is 70.8 cm³/mol. The summed E-state index contributed by atoms with van der Waals surface area (Å²) in [5.74, 6) is -0.453. The van der Waals surface area contributed by atoms with E-state index >= 15 is 0 Å². The van der Waals surface area contributed by atoms with Gasteiger partial charge in [-0.2, -0.15) is 5.10 Å². The Morgan fingerprint density at radius 3 is 2.82 bits per heavy atom. The van der Waals surface area contributed by atoms with Gasteiger partial charge in [0.1, 0.15) is 5.69 Å². The first kappa shape index (κ1) is 12.3. The van der Waals surface area contributed by atoms with Crippen LogP contribution in [-0.2, 0) is 4.74 Å². The maximum Gasteiger partial charge on any atom is 0.357 e. The van der Waals surface area contributed by atoms with E-state index in [9.17, 15) is 4.79 Å². The molecule has 2 rings (SSSR count). The second-order valence-electron chi connectivity index (χ2n) is 3.26. The number of ether oxygens (including phenoxy) is 1. The molecule has 1 aromatic carbocycles. The minimum atomic E-state index is -0.453. The molecule has 88 valence electrons. The predicted octanol–water partition coefficient (Wildman–Crippen LogP) is 3.39. The molecule has 0 aliphatic carbocycles. The molecule has 0 amide bonds. The van der Waals surface area contributed by atoms with Gasteiger partial charge in [0.25, 0.3) is 0 Å². The molecule has 0 atom stereocenters. The van der Waals surface area contributed by atoms with Crippen molar-refractivity contribution in [3.05, 3.63) is 38.9 Å². The van der Waals surface area contributed by atoms with Gasteiger partial charge < -0.3 is 4.74 Å². The minimum absolute atomic E-state index is 0.308. The van der Waals surface area contributed by atoms with E-state index in [4.69, 9.17) is 0 Å². The smallest absolute Gasteiger partial charge is 0.357 e. The lowest BCUT2D eigenvalue weighted by molar-refractivity contribution is 0.0593. The highest BCUT2D eigenvalue weighted by atomic mass is 79.9. The number of rotatable bonds is 2. The topological polar surface area (TPSA) is 55.0 Å². The Morgan fingerprint density at radius 1 is 1.41 bits per heavy atom. The molecule has 0 saturated heterocycles. The summed E-state index contributed by atoms with van der Waals surface area (Å²) in [6, 6.07) is 7.65. The summed E-state index contributed by atoms with van der Waals surface area (Å²) in [7, 11) is 1.33. The molecule has 17 heavy (non-hydrogen) atoms. The standard InChI is InChI=1S/C11H8Br2N2O2/c1-17-11(16)10-8(13)9(14-15-10)6-3-2-4-7(12)5-6/h2-5H,1H3,(H,14,15). The van der Waals surface area contributed by atoms with Gasteiger partial charge in [-0.25, -0.2) is 4.79 Å². The Morgan fingerprint density at radius 2 is 2.18 bits per heavy atom. The van der Waals surface area contributed by atoms with Crippen molar-refractivity contribution in [3.8, 4) is 11.3 Å². The van der Waals surface area contributed by atoms with Crippen LogP contribution in [0.15, 0.2) is 33.2 Å². The van der Waals surface area contributed by atoms with Gasteiger partial charge in [0.15, 0.2) is 5.69 Å². The van der Waals surface area contributed by atoms with Crippen molar-refractivity contribution in [2.24, 2.45) is 0 Å². The Kier molecular flexibility index (Phi) is 3.63. The SMILES string of the molecule is COC(=O)c1[nH]nc(-c2cccc(Br)c2)c1Br. The Labute approximate surface area is 115 Å². The molecule has 1 N–H and O–H groups in total. The summed E-state index contributed by atoms with van der Waals surface area (Å²) >= 11 is 6.73. The Bertz CT molecular complexity index is 566. The highest BCUT2D eigenvalue weighted by molar-refractivity contribution is 9.11. The van der Waals surface area contributed by atoms with Gasteiger partial charge >= 0.3 is 5.97 Å². The molecule has 6 heteroatoms. The maximum atomic E-state index is 11.4. The molecule has 0 aliphatic rings. The number of esters is 1. The van der Waals surface area contributed by atoms with Crippen molar-refractivity contribution in [1.29, 1.82) is 0 Å². The van der Waals surface area contributed by atoms with E-state index in [0.29, 0.717) is 15.9 Å². The summed E-state index contributed by atoms with van der Waals surface area (Å²) in [5, 5.41) is 6.76. The van der Waals surface area contributed by atoms with E-state index in [1.54, 1.807) is 0 Å². The summed E-state index contributed by atoms with van der Waals surface area (Å²) < 4.78 is 6.19. The van der Waals surface area contributed by atoms with Crippen molar-refractivity contribution in [3.63, 3.8) is 0 Å². The highest BCUT2D eigenvalue weighted by Gasteiger charge is 2.18. The number of benzene rings is 1. The number of methoxy groups -OCH3 is 1. The van der Waals surface area contributed by atoms with Gasteiger partial charge in [0, 0.05) is 10.0 Å². The Hall–Kier alpha value is -1.14. The second-order valence-corrected chi connectivity index (χ2v) is 4.97. The van der Waals surface area contributed by atoms with Crippen LogP contribution < -0.4 is 0 Å². The summed E-state index contributed by atoms with van der Waals surface area (Å²) in [6.07, 6.45) is 0. The van der Waals surface area contributed by atoms with Gasteiger partial charge in [-0.1, -0.05) is 28.1 Å². The first-order chi connectivity index (χ1) is 8.13. The summed E-state index contributed by atoms with van der Waals surface area (Å²) in [5.41, 5.74) is 1.88. The molecular weight excluding hydrogens is 352 g/mol. The molecular formula is C11H8Br2N2O2. The molecule has 1 aromatic heterocycles. The van der Waals surface area contributed by atoms with Gasteiger partial charge in [0.2, 0.25) is 0 Å². The van der Waals surface area contributed by atoms with Gasteiger partial charge in [0.05, 0.1) is 11.6 Å². The van der Waals surface area contributed by atoms with Crippen molar-refractivity contribution >= 4 is 37.8 Å². The highest BCUT2D eigenvalue weighted by Crippen LogP contribution is 2.30. The fraction of sp³-hybridized carbons (Fsp3) is 0.0909. The van der Waals surface area contributed by atoms with Crippen LogP contribution in [0.25, 0.3) is 11.3 Å². The number of carbonyl (C=O) groups is 1.